The molecule has 0 saturated heterocycles. The lowest BCUT2D eigenvalue weighted by molar-refractivity contribution is -0.132. The number of aliphatic hydroxyl groups is 4. The minimum Gasteiger partial charge on any atom is -0.394 e. The van der Waals surface area contributed by atoms with Crippen LogP contribution in [-0.2, 0) is 4.79 Å². The van der Waals surface area contributed by atoms with Gasteiger partial charge in [-0.3, -0.25) is 4.79 Å². The first-order chi connectivity index (χ1) is 30.0. The van der Waals surface area contributed by atoms with Gasteiger partial charge in [0.2, 0.25) is 5.91 Å². The molecule has 1 amide bonds. The van der Waals surface area contributed by atoms with Crippen molar-refractivity contribution in [2.45, 2.75) is 301 Å². The topological polar surface area (TPSA) is 110 Å². The second-order valence-corrected chi connectivity index (χ2v) is 18.6. The van der Waals surface area contributed by atoms with Gasteiger partial charge in [-0.05, 0) is 70.6 Å². The molecule has 0 rings (SSSR count). The summed E-state index contributed by atoms with van der Waals surface area (Å²) in [4.78, 5) is 12.5. The highest BCUT2D eigenvalue weighted by atomic mass is 16.3. The Kier molecular flexibility index (Phi) is 48.3. The van der Waals surface area contributed by atoms with Gasteiger partial charge in [-0.25, -0.2) is 0 Å². The summed E-state index contributed by atoms with van der Waals surface area (Å²) in [5.74, 6) is -0.597. The monoisotopic (exact) mass is 860 g/mol. The van der Waals surface area contributed by atoms with Gasteiger partial charge in [0.15, 0.2) is 0 Å². The Bertz CT molecular complexity index is 966. The first-order valence-electron chi connectivity index (χ1n) is 26.9. The van der Waals surface area contributed by atoms with Gasteiger partial charge in [-0.15, -0.1) is 0 Å². The molecule has 5 N–H and O–H groups in total. The minimum absolute atomic E-state index is 0.362. The van der Waals surface area contributed by atoms with E-state index in [2.05, 4.69) is 55.6 Å². The first-order valence-corrected chi connectivity index (χ1v) is 26.9. The van der Waals surface area contributed by atoms with Crippen molar-refractivity contribution in [2.24, 2.45) is 0 Å². The van der Waals surface area contributed by atoms with Gasteiger partial charge in [0.05, 0.1) is 18.8 Å². The molecule has 0 aromatic carbocycles. The van der Waals surface area contributed by atoms with E-state index in [-0.39, 0.29) is 0 Å². The standard InChI is InChI=1S/C55H105NO5/c1-3-5-7-9-11-13-15-16-17-18-19-20-21-22-23-24-25-26-27-28-29-30-31-32-33-34-35-36-37-39-41-43-45-47-49-53(59)55(61)56-51(50-57)54(60)52(58)48-46-44-42-40-38-14-12-10-8-6-4-2/h10,12,24-25,40,42,51-54,57-60H,3-9,11,13-23,26-39,41,43-50H2,1-2H3,(H,56,61)/b12-10+,25-24-,42-40+. The average Bonchev–Trinajstić information content (AvgIpc) is 3.26. The van der Waals surface area contributed by atoms with E-state index in [1.165, 1.54) is 199 Å². The van der Waals surface area contributed by atoms with Crippen molar-refractivity contribution in [1.29, 1.82) is 0 Å². The van der Waals surface area contributed by atoms with Gasteiger partial charge in [0.25, 0.3) is 0 Å². The summed E-state index contributed by atoms with van der Waals surface area (Å²) in [7, 11) is 0. The van der Waals surface area contributed by atoms with Crippen molar-refractivity contribution in [1.82, 2.24) is 5.32 Å². The summed E-state index contributed by atoms with van der Waals surface area (Å²) in [5, 5.41) is 43.6. The van der Waals surface area contributed by atoms with Crippen LogP contribution in [0.1, 0.15) is 277 Å². The van der Waals surface area contributed by atoms with E-state index < -0.39 is 36.9 Å². The Morgan fingerprint density at radius 1 is 0.393 bits per heavy atom. The summed E-state index contributed by atoms with van der Waals surface area (Å²) in [5.41, 5.74) is 0. The zero-order valence-corrected chi connectivity index (χ0v) is 40.7. The van der Waals surface area contributed by atoms with Crippen LogP contribution in [-0.4, -0.2) is 57.3 Å². The van der Waals surface area contributed by atoms with Crippen LogP contribution in [0.4, 0.5) is 0 Å². The van der Waals surface area contributed by atoms with Gasteiger partial charge < -0.3 is 25.7 Å². The molecule has 4 unspecified atom stereocenters. The first kappa shape index (κ1) is 59.5. The number of amides is 1. The van der Waals surface area contributed by atoms with Gasteiger partial charge in [-0.1, -0.05) is 243 Å². The lowest BCUT2D eigenvalue weighted by atomic mass is 10.00. The average molecular weight is 860 g/mol. The normalized spacial score (nSPS) is 14.1. The van der Waals surface area contributed by atoms with Crippen LogP contribution in [0.15, 0.2) is 36.5 Å². The molecule has 61 heavy (non-hydrogen) atoms. The predicted octanol–water partition coefficient (Wildman–Crippen LogP) is 15.2. The fourth-order valence-corrected chi connectivity index (χ4v) is 8.29. The smallest absolute Gasteiger partial charge is 0.249 e. The van der Waals surface area contributed by atoms with Crippen LogP contribution < -0.4 is 5.32 Å². The Hall–Kier alpha value is -1.47. The number of carbonyl (C=O) groups is 1. The molecule has 0 saturated carbocycles. The lowest BCUT2D eigenvalue weighted by Gasteiger charge is -2.27. The Morgan fingerprint density at radius 2 is 0.705 bits per heavy atom. The van der Waals surface area contributed by atoms with Crippen LogP contribution in [0, 0.1) is 0 Å². The van der Waals surface area contributed by atoms with Gasteiger partial charge >= 0.3 is 0 Å². The molecular formula is C55H105NO5. The van der Waals surface area contributed by atoms with Crippen LogP contribution >= 0.6 is 0 Å². The number of carbonyl (C=O) groups excluding carboxylic acids is 1. The molecule has 0 aromatic heterocycles. The molecule has 0 aliphatic rings. The number of unbranched alkanes of at least 4 members (excludes halogenated alkanes) is 34. The van der Waals surface area contributed by atoms with Crippen molar-refractivity contribution >= 4 is 5.91 Å². The number of hydrogen-bond donors (Lipinski definition) is 5. The number of hydrogen-bond acceptors (Lipinski definition) is 5. The maximum atomic E-state index is 12.5. The van der Waals surface area contributed by atoms with Crippen LogP contribution in [0.25, 0.3) is 0 Å². The van der Waals surface area contributed by atoms with E-state index in [0.717, 1.165) is 44.9 Å². The SMILES string of the molecule is CCCC/C=C/CC/C=C/CCCC(O)C(O)C(CO)NC(=O)C(O)CCCCCCCCCCCCCCCCCC/C=C\CCCCCCCCCCCCCCCC. The Labute approximate surface area is 379 Å². The fraction of sp³-hybridized carbons (Fsp3) is 0.873. The van der Waals surface area contributed by atoms with Crippen LogP contribution in [0.2, 0.25) is 0 Å². The second kappa shape index (κ2) is 49.5. The molecule has 0 aliphatic heterocycles. The highest BCUT2D eigenvalue weighted by molar-refractivity contribution is 5.80. The van der Waals surface area contributed by atoms with Crippen molar-refractivity contribution in [3.8, 4) is 0 Å². The summed E-state index contributed by atoms with van der Waals surface area (Å²) in [6.07, 6.45) is 60.9. The molecule has 360 valence electrons. The molecule has 6 nitrogen and oxygen atoms in total. The van der Waals surface area contributed by atoms with E-state index in [9.17, 15) is 25.2 Å². The van der Waals surface area contributed by atoms with Crippen molar-refractivity contribution in [3.05, 3.63) is 36.5 Å². The maximum absolute atomic E-state index is 12.5. The Balaban J connectivity index is 3.54. The number of allylic oxidation sites excluding steroid dienone is 6. The molecule has 0 bridgehead atoms. The molecule has 0 aromatic rings. The van der Waals surface area contributed by atoms with E-state index in [1.807, 2.05) is 0 Å². The zero-order valence-electron chi connectivity index (χ0n) is 40.7. The molecule has 4 atom stereocenters. The van der Waals surface area contributed by atoms with Crippen molar-refractivity contribution in [3.63, 3.8) is 0 Å². The second-order valence-electron chi connectivity index (χ2n) is 18.6. The maximum Gasteiger partial charge on any atom is 0.249 e. The number of nitrogens with one attached hydrogen (secondary N) is 1. The molecule has 0 aliphatic carbocycles. The van der Waals surface area contributed by atoms with Crippen LogP contribution in [0.3, 0.4) is 0 Å². The largest absolute Gasteiger partial charge is 0.394 e. The molecule has 0 fully saturated rings. The highest BCUT2D eigenvalue weighted by Gasteiger charge is 2.28. The zero-order chi connectivity index (χ0) is 44.5. The number of rotatable bonds is 49. The van der Waals surface area contributed by atoms with E-state index in [4.69, 9.17) is 0 Å². The van der Waals surface area contributed by atoms with Crippen LogP contribution in [0.5, 0.6) is 0 Å². The third kappa shape index (κ3) is 43.6. The van der Waals surface area contributed by atoms with Crippen molar-refractivity contribution in [2.75, 3.05) is 6.61 Å². The minimum atomic E-state index is -1.29. The molecule has 6 heteroatoms. The number of aliphatic hydroxyl groups excluding tert-OH is 4. The van der Waals surface area contributed by atoms with Gasteiger partial charge in [0, 0.05) is 0 Å². The molecular weight excluding hydrogens is 755 g/mol. The van der Waals surface area contributed by atoms with Gasteiger partial charge in [0.1, 0.15) is 12.2 Å². The third-order valence-electron chi connectivity index (χ3n) is 12.6. The quantitative estimate of drug-likeness (QED) is 0.0309. The summed E-state index contributed by atoms with van der Waals surface area (Å²) >= 11 is 0. The predicted molar refractivity (Wildman–Crippen MR) is 265 cm³/mol. The molecule has 0 radical (unpaired) electrons. The molecule has 0 spiro atoms. The summed E-state index contributed by atoms with van der Waals surface area (Å²) < 4.78 is 0. The highest BCUT2D eigenvalue weighted by Crippen LogP contribution is 2.17. The fourth-order valence-electron chi connectivity index (χ4n) is 8.29. The van der Waals surface area contributed by atoms with E-state index in [0.29, 0.717) is 19.3 Å². The van der Waals surface area contributed by atoms with E-state index >= 15 is 0 Å². The Morgan fingerprint density at radius 3 is 1.08 bits per heavy atom. The van der Waals surface area contributed by atoms with Gasteiger partial charge in [-0.2, -0.15) is 0 Å². The van der Waals surface area contributed by atoms with E-state index in [1.54, 1.807) is 0 Å². The van der Waals surface area contributed by atoms with Crippen molar-refractivity contribution < 1.29 is 25.2 Å². The third-order valence-corrected chi connectivity index (χ3v) is 12.6. The molecule has 0 heterocycles. The summed E-state index contributed by atoms with van der Waals surface area (Å²) in [6.45, 7) is 4.00. The lowest BCUT2D eigenvalue weighted by Crippen LogP contribution is -2.53. The summed E-state index contributed by atoms with van der Waals surface area (Å²) in [6, 6.07) is -1.01.